The highest BCUT2D eigenvalue weighted by Crippen LogP contribution is 2.25. The lowest BCUT2D eigenvalue weighted by atomic mass is 10.2. The Labute approximate surface area is 169 Å². The van der Waals surface area contributed by atoms with E-state index in [-0.39, 0.29) is 0 Å². The largest absolute Gasteiger partial charge is 0.382 e. The number of fused-ring (bicyclic) bond motifs is 1. The van der Waals surface area contributed by atoms with Gasteiger partial charge in [-0.1, -0.05) is 38.0 Å². The molecule has 5 nitrogen and oxygen atoms in total. The molecule has 6 heteroatoms. The number of aryl methyl sites for hydroxylation is 3. The number of unbranched alkanes of at least 4 members (excludes halogenated alkanes) is 3. The van der Waals surface area contributed by atoms with E-state index >= 15 is 0 Å². The lowest BCUT2D eigenvalue weighted by Crippen LogP contribution is -2.06. The second-order valence-corrected chi connectivity index (χ2v) is 8.80. The fourth-order valence-electron chi connectivity index (χ4n) is 3.50. The first kappa shape index (κ1) is 20.5. The van der Waals surface area contributed by atoms with Gasteiger partial charge in [0.1, 0.15) is 11.3 Å². The lowest BCUT2D eigenvalue weighted by molar-refractivity contribution is 0.582. The molecule has 0 spiro atoms. The Hall–Kier alpha value is -2.21. The molecular weight excluding hydrogens is 368 g/mol. The molecule has 0 saturated carbocycles. The van der Waals surface area contributed by atoms with Crippen molar-refractivity contribution in [3.8, 4) is 0 Å². The van der Waals surface area contributed by atoms with Gasteiger partial charge < -0.3 is 10.3 Å². The summed E-state index contributed by atoms with van der Waals surface area (Å²) in [6.45, 7) is 5.18. The van der Waals surface area contributed by atoms with Crippen molar-refractivity contribution >= 4 is 27.7 Å². The summed E-state index contributed by atoms with van der Waals surface area (Å²) in [5.41, 5.74) is 9.14. The van der Waals surface area contributed by atoms with Gasteiger partial charge >= 0.3 is 0 Å². The van der Waals surface area contributed by atoms with Gasteiger partial charge in [0, 0.05) is 29.8 Å². The van der Waals surface area contributed by atoms with Crippen LogP contribution in [0.15, 0.2) is 41.4 Å². The first-order chi connectivity index (χ1) is 13.6. The predicted octanol–water partition coefficient (Wildman–Crippen LogP) is 4.64. The first-order valence-corrected chi connectivity index (χ1v) is 11.5. The van der Waals surface area contributed by atoms with E-state index in [2.05, 4.69) is 23.4 Å². The normalized spacial score (nSPS) is 12.5. The van der Waals surface area contributed by atoms with Crippen LogP contribution >= 0.6 is 0 Å². The van der Waals surface area contributed by atoms with Gasteiger partial charge in [0.05, 0.1) is 16.3 Å². The smallest absolute Gasteiger partial charge is 0.151 e. The molecule has 2 N–H and O–H groups in total. The molecule has 0 saturated heterocycles. The van der Waals surface area contributed by atoms with Crippen molar-refractivity contribution < 1.29 is 4.21 Å². The number of hydrogen-bond acceptors (Lipinski definition) is 4. The molecule has 0 aliphatic rings. The van der Waals surface area contributed by atoms with Crippen LogP contribution in [0.1, 0.15) is 50.4 Å². The van der Waals surface area contributed by atoms with Gasteiger partial charge in [-0.25, -0.2) is 9.97 Å². The number of hydrogen-bond donors (Lipinski definition) is 1. The molecule has 0 bridgehead atoms. The molecule has 3 rings (SSSR count). The van der Waals surface area contributed by atoms with E-state index in [4.69, 9.17) is 10.7 Å². The Morgan fingerprint density at radius 2 is 1.89 bits per heavy atom. The monoisotopic (exact) mass is 398 g/mol. The minimum atomic E-state index is -0.905. The molecule has 0 fully saturated rings. The highest BCUT2D eigenvalue weighted by molar-refractivity contribution is 7.85. The van der Waals surface area contributed by atoms with Crippen molar-refractivity contribution in [1.29, 1.82) is 0 Å². The van der Waals surface area contributed by atoms with Gasteiger partial charge in [-0.3, -0.25) is 4.21 Å². The summed E-state index contributed by atoms with van der Waals surface area (Å²) in [5.74, 6) is 2.33. The van der Waals surface area contributed by atoms with Crippen LogP contribution in [0.2, 0.25) is 0 Å². The van der Waals surface area contributed by atoms with E-state index in [1.165, 1.54) is 0 Å². The van der Waals surface area contributed by atoms with Crippen LogP contribution in [0.3, 0.4) is 0 Å². The van der Waals surface area contributed by atoms with Crippen LogP contribution in [0.5, 0.6) is 0 Å². The topological polar surface area (TPSA) is 73.8 Å². The molecule has 2 aromatic heterocycles. The number of nitrogens with zero attached hydrogens (tertiary/aromatic N) is 3. The minimum Gasteiger partial charge on any atom is -0.382 e. The quantitative estimate of drug-likeness (QED) is 0.505. The van der Waals surface area contributed by atoms with Crippen molar-refractivity contribution in [3.63, 3.8) is 0 Å². The maximum absolute atomic E-state index is 12.3. The van der Waals surface area contributed by atoms with Crippen LogP contribution in [0.25, 0.3) is 11.0 Å². The van der Waals surface area contributed by atoms with Gasteiger partial charge in [-0.2, -0.15) is 0 Å². The SMILES string of the molecule is CCCCc1nc2c(N)ncc(C)c2n1CCCCCS(=O)c1ccccc1. The first-order valence-electron chi connectivity index (χ1n) is 10.2. The van der Waals surface area contributed by atoms with Crippen LogP contribution < -0.4 is 5.73 Å². The van der Waals surface area contributed by atoms with Gasteiger partial charge in [-0.15, -0.1) is 0 Å². The number of imidazole rings is 1. The Morgan fingerprint density at radius 1 is 1.11 bits per heavy atom. The lowest BCUT2D eigenvalue weighted by Gasteiger charge is -2.10. The fourth-order valence-corrected chi connectivity index (χ4v) is 4.67. The molecule has 3 aromatic rings. The van der Waals surface area contributed by atoms with Crippen molar-refractivity contribution in [2.24, 2.45) is 0 Å². The summed E-state index contributed by atoms with van der Waals surface area (Å²) in [6.07, 6.45) is 8.10. The molecule has 1 aromatic carbocycles. The third kappa shape index (κ3) is 4.79. The summed E-state index contributed by atoms with van der Waals surface area (Å²) in [6, 6.07) is 9.72. The minimum absolute atomic E-state index is 0.510. The summed E-state index contributed by atoms with van der Waals surface area (Å²) in [5, 5.41) is 0. The standard InChI is InChI=1S/C22H30N4OS/c1-3-4-13-19-25-20-21(17(2)16-24-22(20)23)26(19)14-9-6-10-15-28(27)18-11-7-5-8-12-18/h5,7-8,11-12,16H,3-4,6,9-10,13-15H2,1-2H3,(H2,23,24). The number of nitrogen functional groups attached to an aromatic ring is 1. The highest BCUT2D eigenvalue weighted by Gasteiger charge is 2.15. The summed E-state index contributed by atoms with van der Waals surface area (Å²) >= 11 is 0. The number of rotatable bonds is 10. The fraction of sp³-hybridized carbons (Fsp3) is 0.455. The number of anilines is 1. The molecule has 0 aliphatic heterocycles. The van der Waals surface area contributed by atoms with E-state index in [1.807, 2.05) is 36.5 Å². The maximum atomic E-state index is 12.3. The zero-order valence-corrected chi connectivity index (χ0v) is 17.7. The van der Waals surface area contributed by atoms with Crippen molar-refractivity contribution in [2.75, 3.05) is 11.5 Å². The number of nitrogens with two attached hydrogens (primary N) is 1. The van der Waals surface area contributed by atoms with Crippen molar-refractivity contribution in [2.45, 2.75) is 63.8 Å². The average molecular weight is 399 g/mol. The van der Waals surface area contributed by atoms with E-state index in [0.717, 1.165) is 72.4 Å². The van der Waals surface area contributed by atoms with Crippen LogP contribution in [-0.4, -0.2) is 24.5 Å². The van der Waals surface area contributed by atoms with Gasteiger partial charge in [0.25, 0.3) is 0 Å². The zero-order valence-electron chi connectivity index (χ0n) is 16.9. The van der Waals surface area contributed by atoms with Gasteiger partial charge in [0.2, 0.25) is 0 Å². The van der Waals surface area contributed by atoms with Crippen LogP contribution in [0.4, 0.5) is 5.82 Å². The number of pyridine rings is 1. The second kappa shape index (κ2) is 9.82. The Morgan fingerprint density at radius 3 is 2.64 bits per heavy atom. The zero-order chi connectivity index (χ0) is 19.9. The molecule has 1 atom stereocenters. The van der Waals surface area contributed by atoms with E-state index in [1.54, 1.807) is 0 Å². The molecule has 2 heterocycles. The number of aromatic nitrogens is 3. The molecule has 150 valence electrons. The average Bonchev–Trinajstić information content (AvgIpc) is 3.09. The van der Waals surface area contributed by atoms with Crippen LogP contribution in [-0.2, 0) is 23.8 Å². The molecule has 1 unspecified atom stereocenters. The Balaban J connectivity index is 1.63. The molecule has 28 heavy (non-hydrogen) atoms. The maximum Gasteiger partial charge on any atom is 0.151 e. The van der Waals surface area contributed by atoms with E-state index in [9.17, 15) is 4.21 Å². The molecule has 0 amide bonds. The Bertz CT molecular complexity index is 937. The van der Waals surface area contributed by atoms with Gasteiger partial charge in [0.15, 0.2) is 5.82 Å². The van der Waals surface area contributed by atoms with E-state index < -0.39 is 10.8 Å². The highest BCUT2D eigenvalue weighted by atomic mass is 32.2. The summed E-state index contributed by atoms with van der Waals surface area (Å²) in [4.78, 5) is 9.99. The molecule has 0 radical (unpaired) electrons. The molecule has 0 aliphatic carbocycles. The van der Waals surface area contributed by atoms with Crippen LogP contribution in [0, 0.1) is 6.92 Å². The predicted molar refractivity (Wildman–Crippen MR) is 117 cm³/mol. The Kier molecular flexibility index (Phi) is 7.20. The third-order valence-electron chi connectivity index (χ3n) is 5.03. The summed E-state index contributed by atoms with van der Waals surface area (Å²) < 4.78 is 14.7. The van der Waals surface area contributed by atoms with Crippen molar-refractivity contribution in [1.82, 2.24) is 14.5 Å². The third-order valence-corrected chi connectivity index (χ3v) is 6.49. The van der Waals surface area contributed by atoms with Gasteiger partial charge in [-0.05, 0) is 43.9 Å². The number of benzene rings is 1. The molecular formula is C22H30N4OS. The summed E-state index contributed by atoms with van der Waals surface area (Å²) in [7, 11) is -0.905. The second-order valence-electron chi connectivity index (χ2n) is 7.23. The van der Waals surface area contributed by atoms with Crippen molar-refractivity contribution in [3.05, 3.63) is 47.9 Å². The van der Waals surface area contributed by atoms with E-state index in [0.29, 0.717) is 11.6 Å².